The quantitative estimate of drug-likeness (QED) is 0.584. The van der Waals surface area contributed by atoms with Crippen molar-refractivity contribution in [2.24, 2.45) is 0 Å². The number of anilines is 1. The van der Waals surface area contributed by atoms with Gasteiger partial charge in [-0.05, 0) is 30.8 Å². The molecule has 1 aromatic rings. The molecule has 100 valence electrons. The van der Waals surface area contributed by atoms with Gasteiger partial charge in [0.1, 0.15) is 5.75 Å². The Morgan fingerprint density at radius 1 is 1.28 bits per heavy atom. The SMILES string of the molecule is CCCCCCNC(=S)Nc1cccc(OC)c1. The van der Waals surface area contributed by atoms with E-state index >= 15 is 0 Å². The number of nitrogens with one attached hydrogen (secondary N) is 2. The molecule has 2 N–H and O–H groups in total. The van der Waals surface area contributed by atoms with Crippen LogP contribution in [0.3, 0.4) is 0 Å². The van der Waals surface area contributed by atoms with Gasteiger partial charge in [0.15, 0.2) is 5.11 Å². The van der Waals surface area contributed by atoms with Crippen molar-refractivity contribution < 1.29 is 4.74 Å². The Labute approximate surface area is 115 Å². The summed E-state index contributed by atoms with van der Waals surface area (Å²) in [7, 11) is 1.66. The second-order valence-electron chi connectivity index (χ2n) is 4.17. The molecule has 0 spiro atoms. The maximum absolute atomic E-state index is 5.23. The van der Waals surface area contributed by atoms with E-state index in [0.717, 1.165) is 24.4 Å². The summed E-state index contributed by atoms with van der Waals surface area (Å²) in [6.45, 7) is 3.14. The number of methoxy groups -OCH3 is 1. The molecule has 0 aliphatic rings. The molecule has 0 saturated carbocycles. The van der Waals surface area contributed by atoms with E-state index in [4.69, 9.17) is 17.0 Å². The number of unbranched alkanes of at least 4 members (excludes halogenated alkanes) is 3. The molecule has 1 aromatic carbocycles. The van der Waals surface area contributed by atoms with Gasteiger partial charge in [-0.1, -0.05) is 32.3 Å². The van der Waals surface area contributed by atoms with Gasteiger partial charge in [0, 0.05) is 18.3 Å². The smallest absolute Gasteiger partial charge is 0.170 e. The highest BCUT2D eigenvalue weighted by Gasteiger charge is 1.98. The fraction of sp³-hybridized carbons (Fsp3) is 0.500. The Morgan fingerprint density at radius 2 is 2.11 bits per heavy atom. The molecule has 3 nitrogen and oxygen atoms in total. The van der Waals surface area contributed by atoms with E-state index in [1.165, 1.54) is 19.3 Å². The number of benzene rings is 1. The average Bonchev–Trinajstić information content (AvgIpc) is 2.38. The van der Waals surface area contributed by atoms with Crippen molar-refractivity contribution in [3.63, 3.8) is 0 Å². The number of ether oxygens (including phenoxy) is 1. The first-order valence-corrected chi connectivity index (χ1v) is 6.86. The van der Waals surface area contributed by atoms with Crippen LogP contribution in [0.5, 0.6) is 5.75 Å². The van der Waals surface area contributed by atoms with Gasteiger partial charge in [-0.25, -0.2) is 0 Å². The van der Waals surface area contributed by atoms with E-state index in [1.807, 2.05) is 24.3 Å². The molecule has 0 aliphatic carbocycles. The second kappa shape index (κ2) is 8.75. The molecule has 0 bridgehead atoms. The molecule has 18 heavy (non-hydrogen) atoms. The van der Waals surface area contributed by atoms with Gasteiger partial charge < -0.3 is 15.4 Å². The van der Waals surface area contributed by atoms with Crippen LogP contribution in [0.15, 0.2) is 24.3 Å². The minimum atomic E-state index is 0.666. The molecule has 0 amide bonds. The molecule has 1 rings (SSSR count). The standard InChI is InChI=1S/C14H22N2OS/c1-3-4-5-6-10-15-14(18)16-12-8-7-9-13(11-12)17-2/h7-9,11H,3-6,10H2,1-2H3,(H2,15,16,18). The first-order chi connectivity index (χ1) is 8.76. The molecule has 0 unspecified atom stereocenters. The summed E-state index contributed by atoms with van der Waals surface area (Å²) in [4.78, 5) is 0. The summed E-state index contributed by atoms with van der Waals surface area (Å²) >= 11 is 5.23. The summed E-state index contributed by atoms with van der Waals surface area (Å²) in [5.41, 5.74) is 0.945. The highest BCUT2D eigenvalue weighted by Crippen LogP contribution is 2.16. The van der Waals surface area contributed by atoms with Crippen LogP contribution >= 0.6 is 12.2 Å². The van der Waals surface area contributed by atoms with Crippen molar-refractivity contribution in [3.8, 4) is 5.75 Å². The molecule has 0 fully saturated rings. The predicted molar refractivity (Wildman–Crippen MR) is 81.4 cm³/mol. The lowest BCUT2D eigenvalue weighted by atomic mass is 10.2. The molecular formula is C14H22N2OS. The van der Waals surface area contributed by atoms with Gasteiger partial charge in [0.2, 0.25) is 0 Å². The minimum Gasteiger partial charge on any atom is -0.497 e. The minimum absolute atomic E-state index is 0.666. The lowest BCUT2D eigenvalue weighted by Crippen LogP contribution is -2.29. The zero-order chi connectivity index (χ0) is 13.2. The average molecular weight is 266 g/mol. The molecule has 0 atom stereocenters. The van der Waals surface area contributed by atoms with E-state index in [2.05, 4.69) is 17.6 Å². The Bertz CT molecular complexity index is 369. The summed E-state index contributed by atoms with van der Waals surface area (Å²) < 4.78 is 5.16. The maximum atomic E-state index is 5.23. The topological polar surface area (TPSA) is 33.3 Å². The van der Waals surface area contributed by atoms with Crippen LogP contribution < -0.4 is 15.4 Å². The predicted octanol–water partition coefficient (Wildman–Crippen LogP) is 3.56. The Hall–Kier alpha value is -1.29. The Balaban J connectivity index is 2.26. The zero-order valence-electron chi connectivity index (χ0n) is 11.2. The largest absolute Gasteiger partial charge is 0.497 e. The van der Waals surface area contributed by atoms with Crippen molar-refractivity contribution in [3.05, 3.63) is 24.3 Å². The van der Waals surface area contributed by atoms with Crippen LogP contribution in [0, 0.1) is 0 Å². The van der Waals surface area contributed by atoms with E-state index in [1.54, 1.807) is 7.11 Å². The monoisotopic (exact) mass is 266 g/mol. The molecule has 0 aliphatic heterocycles. The molecule has 0 saturated heterocycles. The number of thiocarbonyl (C=S) groups is 1. The van der Waals surface area contributed by atoms with Gasteiger partial charge >= 0.3 is 0 Å². The van der Waals surface area contributed by atoms with Gasteiger partial charge in [0.25, 0.3) is 0 Å². The van der Waals surface area contributed by atoms with E-state index < -0.39 is 0 Å². The second-order valence-corrected chi connectivity index (χ2v) is 4.58. The maximum Gasteiger partial charge on any atom is 0.170 e. The zero-order valence-corrected chi connectivity index (χ0v) is 12.0. The van der Waals surface area contributed by atoms with Crippen LogP contribution in [-0.2, 0) is 0 Å². The molecule has 0 aromatic heterocycles. The Kier molecular flexibility index (Phi) is 7.18. The van der Waals surface area contributed by atoms with Gasteiger partial charge in [0.05, 0.1) is 7.11 Å². The van der Waals surface area contributed by atoms with Crippen molar-refractivity contribution in [2.75, 3.05) is 19.0 Å². The highest BCUT2D eigenvalue weighted by molar-refractivity contribution is 7.80. The van der Waals surface area contributed by atoms with Crippen LogP contribution in [0.4, 0.5) is 5.69 Å². The Morgan fingerprint density at radius 3 is 2.83 bits per heavy atom. The third-order valence-electron chi connectivity index (χ3n) is 2.64. The first kappa shape index (κ1) is 14.8. The van der Waals surface area contributed by atoms with Gasteiger partial charge in [-0.15, -0.1) is 0 Å². The van der Waals surface area contributed by atoms with Gasteiger partial charge in [-0.3, -0.25) is 0 Å². The normalized spacial score (nSPS) is 9.89. The molecular weight excluding hydrogens is 244 g/mol. The lowest BCUT2D eigenvalue weighted by Gasteiger charge is -2.11. The molecule has 0 radical (unpaired) electrons. The lowest BCUT2D eigenvalue weighted by molar-refractivity contribution is 0.415. The van der Waals surface area contributed by atoms with E-state index in [-0.39, 0.29) is 0 Å². The van der Waals surface area contributed by atoms with Gasteiger partial charge in [-0.2, -0.15) is 0 Å². The number of hydrogen-bond donors (Lipinski definition) is 2. The van der Waals surface area contributed by atoms with E-state index in [0.29, 0.717) is 5.11 Å². The van der Waals surface area contributed by atoms with Crippen molar-refractivity contribution >= 4 is 23.0 Å². The van der Waals surface area contributed by atoms with Crippen LogP contribution in [0.25, 0.3) is 0 Å². The first-order valence-electron chi connectivity index (χ1n) is 6.45. The van der Waals surface area contributed by atoms with Crippen LogP contribution in [0.2, 0.25) is 0 Å². The fourth-order valence-corrected chi connectivity index (χ4v) is 1.85. The number of hydrogen-bond acceptors (Lipinski definition) is 2. The van der Waals surface area contributed by atoms with Crippen molar-refractivity contribution in [1.29, 1.82) is 0 Å². The fourth-order valence-electron chi connectivity index (χ4n) is 1.63. The number of rotatable bonds is 7. The third kappa shape index (κ3) is 5.87. The third-order valence-corrected chi connectivity index (χ3v) is 2.89. The highest BCUT2D eigenvalue weighted by atomic mass is 32.1. The van der Waals surface area contributed by atoms with Crippen molar-refractivity contribution in [1.82, 2.24) is 5.32 Å². The molecule has 0 heterocycles. The van der Waals surface area contributed by atoms with E-state index in [9.17, 15) is 0 Å². The summed E-state index contributed by atoms with van der Waals surface area (Å²) in [5, 5.41) is 7.02. The summed E-state index contributed by atoms with van der Waals surface area (Å²) in [6, 6.07) is 7.73. The summed E-state index contributed by atoms with van der Waals surface area (Å²) in [5.74, 6) is 0.825. The van der Waals surface area contributed by atoms with Crippen molar-refractivity contribution in [2.45, 2.75) is 32.6 Å². The van der Waals surface area contributed by atoms with Crippen LogP contribution in [0.1, 0.15) is 32.6 Å². The van der Waals surface area contributed by atoms with Crippen LogP contribution in [-0.4, -0.2) is 18.8 Å². The molecule has 4 heteroatoms. The summed E-state index contributed by atoms with van der Waals surface area (Å²) in [6.07, 6.45) is 4.96.